The van der Waals surface area contributed by atoms with Crippen molar-refractivity contribution in [3.63, 3.8) is 0 Å². The van der Waals surface area contributed by atoms with E-state index < -0.39 is 5.60 Å². The lowest BCUT2D eigenvalue weighted by atomic mass is 9.79. The maximum absolute atomic E-state index is 12.6. The van der Waals surface area contributed by atoms with Gasteiger partial charge in [-0.3, -0.25) is 4.68 Å². The molecule has 1 amide bonds. The van der Waals surface area contributed by atoms with Crippen molar-refractivity contribution < 1.29 is 19.0 Å². The van der Waals surface area contributed by atoms with Crippen molar-refractivity contribution in [3.05, 3.63) is 102 Å². The van der Waals surface area contributed by atoms with Gasteiger partial charge in [0.1, 0.15) is 24.5 Å². The normalized spacial score (nSPS) is 16.0. The molecule has 2 saturated heterocycles. The Bertz CT molecular complexity index is 1920. The van der Waals surface area contributed by atoms with Crippen LogP contribution >= 0.6 is 0 Å². The molecule has 0 spiro atoms. The number of ether oxygens (including phenoxy) is 3. The van der Waals surface area contributed by atoms with Crippen LogP contribution in [0.2, 0.25) is 0 Å². The molecule has 266 valence electrons. The monoisotopic (exact) mass is 687 g/mol. The first-order valence-electron chi connectivity index (χ1n) is 18.3. The van der Waals surface area contributed by atoms with Crippen molar-refractivity contribution in [2.24, 2.45) is 18.9 Å². The Kier molecular flexibility index (Phi) is 10.2. The Hall–Kier alpha value is -5.05. The van der Waals surface area contributed by atoms with Crippen LogP contribution in [-0.4, -0.2) is 57.5 Å². The molecule has 0 N–H and O–H groups in total. The molecule has 0 aliphatic carbocycles. The van der Waals surface area contributed by atoms with Crippen molar-refractivity contribution in [1.29, 1.82) is 0 Å². The second kappa shape index (κ2) is 15.1. The Morgan fingerprint density at radius 2 is 1.35 bits per heavy atom. The Morgan fingerprint density at radius 1 is 0.745 bits per heavy atom. The number of nitrogens with zero attached hydrogens (tertiary/aromatic N) is 5. The van der Waals surface area contributed by atoms with E-state index in [4.69, 9.17) is 24.3 Å². The van der Waals surface area contributed by atoms with Crippen molar-refractivity contribution in [2.75, 3.05) is 31.1 Å². The second-order valence-corrected chi connectivity index (χ2v) is 14.8. The number of benzene rings is 3. The molecular weight excluding hydrogens is 638 g/mol. The van der Waals surface area contributed by atoms with E-state index in [9.17, 15) is 4.79 Å². The zero-order valence-corrected chi connectivity index (χ0v) is 30.3. The van der Waals surface area contributed by atoms with Gasteiger partial charge in [0, 0.05) is 44.7 Å². The molecule has 51 heavy (non-hydrogen) atoms. The largest absolute Gasteiger partial charge is 0.473 e. The van der Waals surface area contributed by atoms with Crippen LogP contribution in [0.25, 0.3) is 22.2 Å². The van der Waals surface area contributed by atoms with Gasteiger partial charge in [0.25, 0.3) is 0 Å². The average Bonchev–Trinajstić information content (AvgIpc) is 3.49. The summed E-state index contributed by atoms with van der Waals surface area (Å²) < 4.78 is 20.1. The number of pyridine rings is 1. The fraction of sp³-hybridized carbons (Fsp3) is 0.405. The summed E-state index contributed by atoms with van der Waals surface area (Å²) in [6.07, 6.45) is 4.19. The number of carbonyl (C=O) groups excluding carboxylic acids is 1. The maximum atomic E-state index is 12.6. The lowest BCUT2D eigenvalue weighted by Gasteiger charge is -2.41. The summed E-state index contributed by atoms with van der Waals surface area (Å²) in [6, 6.07) is 30.6. The van der Waals surface area contributed by atoms with E-state index in [1.165, 1.54) is 5.69 Å². The Morgan fingerprint density at radius 3 is 1.98 bits per heavy atom. The minimum Gasteiger partial charge on any atom is -0.473 e. The van der Waals surface area contributed by atoms with Crippen molar-refractivity contribution in [1.82, 2.24) is 19.7 Å². The van der Waals surface area contributed by atoms with E-state index in [1.807, 2.05) is 110 Å². The first-order chi connectivity index (χ1) is 24.7. The molecule has 7 rings (SSSR count). The average molecular weight is 688 g/mol. The number of aromatic nitrogens is 3. The summed E-state index contributed by atoms with van der Waals surface area (Å²) in [7, 11) is 2.02. The van der Waals surface area contributed by atoms with Gasteiger partial charge in [-0.2, -0.15) is 10.1 Å². The highest BCUT2D eigenvalue weighted by Crippen LogP contribution is 2.40. The molecule has 2 aromatic heterocycles. The van der Waals surface area contributed by atoms with Crippen LogP contribution in [0.5, 0.6) is 11.8 Å². The number of rotatable bonds is 9. The van der Waals surface area contributed by atoms with Crippen molar-refractivity contribution >= 4 is 22.7 Å². The maximum Gasteiger partial charge on any atom is 0.410 e. The van der Waals surface area contributed by atoms with Crippen LogP contribution in [0, 0.1) is 11.8 Å². The fourth-order valence-corrected chi connectivity index (χ4v) is 7.51. The zero-order chi connectivity index (χ0) is 35.4. The number of para-hydroxylation sites is 1. The summed E-state index contributed by atoms with van der Waals surface area (Å²) in [4.78, 5) is 21.9. The van der Waals surface area contributed by atoms with Crippen LogP contribution in [0.1, 0.15) is 57.6 Å². The number of fused-ring (bicyclic) bond motifs is 1. The first kappa shape index (κ1) is 34.4. The quantitative estimate of drug-likeness (QED) is 0.153. The fourth-order valence-electron chi connectivity index (χ4n) is 7.51. The zero-order valence-electron chi connectivity index (χ0n) is 30.3. The number of anilines is 1. The van der Waals surface area contributed by atoms with Crippen LogP contribution in [0.3, 0.4) is 0 Å². The Balaban J connectivity index is 1.08. The highest BCUT2D eigenvalue weighted by atomic mass is 16.6. The van der Waals surface area contributed by atoms with Gasteiger partial charge in [0.05, 0.1) is 16.8 Å². The molecule has 4 heterocycles. The van der Waals surface area contributed by atoms with E-state index in [0.29, 0.717) is 36.8 Å². The van der Waals surface area contributed by atoms with Crippen molar-refractivity contribution in [2.45, 2.75) is 65.3 Å². The molecule has 9 nitrogen and oxygen atoms in total. The van der Waals surface area contributed by atoms with E-state index >= 15 is 0 Å². The van der Waals surface area contributed by atoms with Gasteiger partial charge < -0.3 is 24.0 Å². The van der Waals surface area contributed by atoms with Crippen LogP contribution in [-0.2, 0) is 25.0 Å². The number of carbonyl (C=O) groups is 1. The van der Waals surface area contributed by atoms with E-state index in [1.54, 1.807) is 0 Å². The van der Waals surface area contributed by atoms with Gasteiger partial charge in [-0.15, -0.1) is 0 Å². The molecule has 0 bridgehead atoms. The SMILES string of the molecule is Cn1nc(-c2ccc(OCc3ccccc3)nc2OCc2ccccc2)c2cccc(N3CCC(C4CCN(C(=O)OC(C)(C)C)CC4)CC3)c21. The molecule has 9 heteroatoms. The standard InChI is InChI=1S/C42H49N5O4/c1-42(2,3)51-41(48)47-26-22-33(23-27-47)32-20-24-46(25-21-32)36-17-11-16-34-38(44-45(4)39(34)36)35-18-19-37(49-28-30-12-7-5-8-13-30)43-40(35)50-29-31-14-9-6-10-15-31/h5-19,32-33H,20-29H2,1-4H3. The molecule has 0 atom stereocenters. The molecule has 2 fully saturated rings. The molecule has 2 aliphatic rings. The predicted molar refractivity (Wildman–Crippen MR) is 201 cm³/mol. The number of hydrogen-bond donors (Lipinski definition) is 0. The molecular formula is C42H49N5O4. The topological polar surface area (TPSA) is 82.0 Å². The third kappa shape index (κ3) is 8.14. The Labute approximate surface area is 301 Å². The van der Waals surface area contributed by atoms with Gasteiger partial charge in [0.15, 0.2) is 0 Å². The first-order valence-corrected chi connectivity index (χ1v) is 18.3. The van der Waals surface area contributed by atoms with Crippen molar-refractivity contribution in [3.8, 4) is 23.0 Å². The molecule has 0 radical (unpaired) electrons. The van der Waals surface area contributed by atoms with E-state index in [2.05, 4.69) is 23.1 Å². The number of piperidine rings is 2. The van der Waals surface area contributed by atoms with Crippen LogP contribution in [0.15, 0.2) is 91.0 Å². The van der Waals surface area contributed by atoms with Gasteiger partial charge >= 0.3 is 6.09 Å². The lowest BCUT2D eigenvalue weighted by molar-refractivity contribution is 0.0152. The molecule has 2 aliphatic heterocycles. The predicted octanol–water partition coefficient (Wildman–Crippen LogP) is 8.66. The van der Waals surface area contributed by atoms with Gasteiger partial charge in [-0.1, -0.05) is 72.8 Å². The summed E-state index contributed by atoms with van der Waals surface area (Å²) >= 11 is 0. The molecule has 5 aromatic rings. The van der Waals surface area contributed by atoms with Gasteiger partial charge in [0.2, 0.25) is 11.8 Å². The number of hydrogen-bond acceptors (Lipinski definition) is 7. The third-order valence-corrected chi connectivity index (χ3v) is 10.1. The molecule has 3 aromatic carbocycles. The highest BCUT2D eigenvalue weighted by molar-refractivity contribution is 6.01. The minimum absolute atomic E-state index is 0.183. The highest BCUT2D eigenvalue weighted by Gasteiger charge is 2.33. The summed E-state index contributed by atoms with van der Waals surface area (Å²) in [5, 5.41) is 6.14. The number of likely N-dealkylation sites (tertiary alicyclic amines) is 1. The van der Waals surface area contributed by atoms with E-state index in [-0.39, 0.29) is 6.09 Å². The third-order valence-electron chi connectivity index (χ3n) is 10.1. The number of amides is 1. The van der Waals surface area contributed by atoms with Crippen LogP contribution < -0.4 is 14.4 Å². The van der Waals surface area contributed by atoms with Gasteiger partial charge in [-0.25, -0.2) is 4.79 Å². The van der Waals surface area contributed by atoms with E-state index in [0.717, 1.165) is 85.1 Å². The second-order valence-electron chi connectivity index (χ2n) is 14.8. The summed E-state index contributed by atoms with van der Waals surface area (Å²) in [5.41, 5.74) is 5.65. The molecule has 0 unspecified atom stereocenters. The molecule has 0 saturated carbocycles. The lowest BCUT2D eigenvalue weighted by Crippen LogP contribution is -2.44. The summed E-state index contributed by atoms with van der Waals surface area (Å²) in [6.45, 7) is 10.1. The minimum atomic E-state index is -0.463. The van der Waals surface area contributed by atoms with Crippen LogP contribution in [0.4, 0.5) is 10.5 Å². The smallest absolute Gasteiger partial charge is 0.410 e. The summed E-state index contributed by atoms with van der Waals surface area (Å²) in [5.74, 6) is 2.31. The van der Waals surface area contributed by atoms with Gasteiger partial charge in [-0.05, 0) is 81.5 Å². The number of aryl methyl sites for hydroxylation is 1.